The van der Waals surface area contributed by atoms with Crippen LogP contribution in [0.25, 0.3) is 5.69 Å². The van der Waals surface area contributed by atoms with E-state index in [2.05, 4.69) is 5.27 Å². The van der Waals surface area contributed by atoms with Crippen LogP contribution in [0.15, 0.2) is 28.8 Å². The van der Waals surface area contributed by atoms with Gasteiger partial charge in [-0.05, 0) is 23.7 Å². The van der Waals surface area contributed by atoms with E-state index in [9.17, 15) is 14.7 Å². The largest absolute Gasteiger partial charge is 0.538 e. The average Bonchev–Trinajstić information content (AvgIpc) is 3.09. The monoisotopic (exact) mass is 376 g/mol. The van der Waals surface area contributed by atoms with Crippen molar-refractivity contribution in [2.45, 2.75) is 6.92 Å². The Bertz CT molecular complexity index is 811. The number of aromatic nitrogens is 2. The van der Waals surface area contributed by atoms with E-state index in [0.717, 1.165) is 0 Å². The van der Waals surface area contributed by atoms with Crippen molar-refractivity contribution in [2.24, 2.45) is 0 Å². The molecule has 0 aliphatic carbocycles. The van der Waals surface area contributed by atoms with Crippen LogP contribution >= 0.6 is 0 Å². The molecule has 2 heterocycles. The molecular formula is C17H20N4O6. The second-order valence-corrected chi connectivity index (χ2v) is 5.80. The highest BCUT2D eigenvalue weighted by Gasteiger charge is 2.34. The third-order valence-electron chi connectivity index (χ3n) is 4.22. The maximum absolute atomic E-state index is 12.8. The number of nitrogens with zero attached hydrogens (tertiary/aromatic N) is 4. The lowest BCUT2D eigenvalue weighted by atomic mass is 10.2. The summed E-state index contributed by atoms with van der Waals surface area (Å²) >= 11 is 0. The van der Waals surface area contributed by atoms with Gasteiger partial charge in [0.2, 0.25) is 5.69 Å². The molecule has 1 aromatic carbocycles. The van der Waals surface area contributed by atoms with Crippen molar-refractivity contribution in [3.05, 3.63) is 30.0 Å². The fourth-order valence-electron chi connectivity index (χ4n) is 2.78. The Labute approximate surface area is 155 Å². The maximum atomic E-state index is 12.8. The van der Waals surface area contributed by atoms with Crippen molar-refractivity contribution in [3.63, 3.8) is 0 Å². The summed E-state index contributed by atoms with van der Waals surface area (Å²) in [4.78, 5) is 27.6. The van der Waals surface area contributed by atoms with E-state index < -0.39 is 17.9 Å². The van der Waals surface area contributed by atoms with Crippen LogP contribution in [0.3, 0.4) is 0 Å². The number of amides is 2. The van der Waals surface area contributed by atoms with Gasteiger partial charge in [0, 0.05) is 38.3 Å². The molecule has 144 valence electrons. The molecule has 3 rings (SSSR count). The molecule has 1 aliphatic rings. The van der Waals surface area contributed by atoms with Crippen LogP contribution in [0.1, 0.15) is 17.4 Å². The highest BCUT2D eigenvalue weighted by molar-refractivity contribution is 5.92. The molecule has 0 radical (unpaired) electrons. The molecule has 0 unspecified atom stereocenters. The second-order valence-electron chi connectivity index (χ2n) is 5.80. The molecule has 0 atom stereocenters. The van der Waals surface area contributed by atoms with Crippen molar-refractivity contribution in [2.75, 3.05) is 39.9 Å². The van der Waals surface area contributed by atoms with Gasteiger partial charge in [0.15, 0.2) is 5.95 Å². The molecule has 0 saturated carbocycles. The molecule has 1 saturated heterocycles. The smallest absolute Gasteiger partial charge is 0.409 e. The topological polar surface area (TPSA) is 112 Å². The Hall–Kier alpha value is -3.30. The summed E-state index contributed by atoms with van der Waals surface area (Å²) in [6, 6.07) is 6.70. The first-order chi connectivity index (χ1) is 13.0. The first-order valence-corrected chi connectivity index (χ1v) is 8.49. The Balaban J connectivity index is 1.76. The Morgan fingerprint density at radius 1 is 1.19 bits per heavy atom. The summed E-state index contributed by atoms with van der Waals surface area (Å²) < 4.78 is 15.9. The number of rotatable bonds is 4. The highest BCUT2D eigenvalue weighted by atomic mass is 16.6. The third-order valence-corrected chi connectivity index (χ3v) is 4.22. The zero-order chi connectivity index (χ0) is 19.4. The van der Waals surface area contributed by atoms with Crippen LogP contribution in [-0.4, -0.2) is 67.0 Å². The van der Waals surface area contributed by atoms with Crippen molar-refractivity contribution in [1.29, 1.82) is 0 Å². The van der Waals surface area contributed by atoms with Crippen molar-refractivity contribution in [3.8, 4) is 17.4 Å². The summed E-state index contributed by atoms with van der Waals surface area (Å²) in [5, 5.41) is 15.8. The number of carbonyl (C=O) groups excluding carboxylic acids is 2. The van der Waals surface area contributed by atoms with Gasteiger partial charge in [-0.15, -0.1) is 0 Å². The van der Waals surface area contributed by atoms with Gasteiger partial charge in [-0.1, -0.05) is 0 Å². The Morgan fingerprint density at radius 2 is 1.81 bits per heavy atom. The van der Waals surface area contributed by atoms with Gasteiger partial charge in [0.1, 0.15) is 5.75 Å². The molecule has 1 aliphatic heterocycles. The molecule has 0 spiro atoms. The molecule has 10 heteroatoms. The SMILES string of the molecule is CCOC(=O)N1CCN(C(=O)c2c([O-])on[n+]2-c2ccc(OC)cc2)CC1. The van der Waals surface area contributed by atoms with E-state index in [1.54, 1.807) is 38.3 Å². The number of carbonyl (C=O) groups is 2. The first-order valence-electron chi connectivity index (χ1n) is 8.49. The van der Waals surface area contributed by atoms with Gasteiger partial charge in [-0.3, -0.25) is 4.79 Å². The number of hydrogen-bond donors (Lipinski definition) is 0. The van der Waals surface area contributed by atoms with E-state index in [4.69, 9.17) is 14.0 Å². The van der Waals surface area contributed by atoms with Gasteiger partial charge < -0.3 is 28.9 Å². The number of piperazine rings is 1. The van der Waals surface area contributed by atoms with Gasteiger partial charge in [0.05, 0.1) is 19.0 Å². The van der Waals surface area contributed by atoms with E-state index in [-0.39, 0.29) is 18.8 Å². The Kier molecular flexibility index (Phi) is 5.43. The van der Waals surface area contributed by atoms with E-state index >= 15 is 0 Å². The fraction of sp³-hybridized carbons (Fsp3) is 0.412. The van der Waals surface area contributed by atoms with E-state index in [1.807, 2.05) is 0 Å². The molecule has 1 aromatic heterocycles. The highest BCUT2D eigenvalue weighted by Crippen LogP contribution is 2.17. The zero-order valence-corrected chi connectivity index (χ0v) is 15.1. The summed E-state index contributed by atoms with van der Waals surface area (Å²) in [7, 11) is 1.54. The van der Waals surface area contributed by atoms with Crippen LogP contribution in [0.4, 0.5) is 4.79 Å². The number of hydrogen-bond acceptors (Lipinski definition) is 7. The van der Waals surface area contributed by atoms with Gasteiger partial charge in [-0.25, -0.2) is 4.79 Å². The summed E-state index contributed by atoms with van der Waals surface area (Å²) in [5.74, 6) is -0.683. The van der Waals surface area contributed by atoms with Crippen LogP contribution in [0, 0.1) is 0 Å². The lowest BCUT2D eigenvalue weighted by molar-refractivity contribution is -0.672. The molecule has 10 nitrogen and oxygen atoms in total. The number of methoxy groups -OCH3 is 1. The minimum absolute atomic E-state index is 0.190. The Morgan fingerprint density at radius 3 is 2.41 bits per heavy atom. The minimum Gasteiger partial charge on any atom is -0.538 e. The van der Waals surface area contributed by atoms with Crippen LogP contribution in [0.2, 0.25) is 0 Å². The number of ether oxygens (including phenoxy) is 2. The van der Waals surface area contributed by atoms with Gasteiger partial charge in [-0.2, -0.15) is 0 Å². The first kappa shape index (κ1) is 18.5. The molecule has 2 aromatic rings. The second kappa shape index (κ2) is 7.94. The number of benzene rings is 1. The van der Waals surface area contributed by atoms with E-state index in [1.165, 1.54) is 14.5 Å². The molecule has 0 N–H and O–H groups in total. The lowest BCUT2D eigenvalue weighted by Gasteiger charge is -2.33. The maximum Gasteiger partial charge on any atom is 0.409 e. The summed E-state index contributed by atoms with van der Waals surface area (Å²) in [5.41, 5.74) is 0.305. The average molecular weight is 376 g/mol. The molecule has 2 amide bonds. The standard InChI is InChI=1S/C17H20N4O6/c1-3-26-17(24)20-10-8-19(9-11-20)15(22)14-16(23)27-18-21(14)12-4-6-13(25-2)7-5-12/h4-7H,3,8-11H2,1-2H3. The van der Waals surface area contributed by atoms with Gasteiger partial charge >= 0.3 is 17.7 Å². The van der Waals surface area contributed by atoms with Crippen LogP contribution in [0.5, 0.6) is 11.7 Å². The summed E-state index contributed by atoms with van der Waals surface area (Å²) in [6.45, 7) is 3.24. The van der Waals surface area contributed by atoms with Crippen molar-refractivity contribution >= 4 is 12.0 Å². The zero-order valence-electron chi connectivity index (χ0n) is 15.1. The predicted molar refractivity (Wildman–Crippen MR) is 88.5 cm³/mol. The molecule has 27 heavy (non-hydrogen) atoms. The van der Waals surface area contributed by atoms with Crippen molar-refractivity contribution < 1.29 is 33.4 Å². The normalized spacial score (nSPS) is 14.1. The molecular weight excluding hydrogens is 356 g/mol. The van der Waals surface area contributed by atoms with Crippen LogP contribution in [-0.2, 0) is 4.74 Å². The lowest BCUT2D eigenvalue weighted by Crippen LogP contribution is -2.53. The predicted octanol–water partition coefficient (Wildman–Crippen LogP) is -0.0522. The van der Waals surface area contributed by atoms with Gasteiger partial charge in [0.25, 0.3) is 0 Å². The summed E-state index contributed by atoms with van der Waals surface area (Å²) in [6.07, 6.45) is -0.410. The third kappa shape index (κ3) is 3.78. The molecule has 0 bridgehead atoms. The minimum atomic E-state index is -0.816. The quantitative estimate of drug-likeness (QED) is 0.688. The van der Waals surface area contributed by atoms with Crippen molar-refractivity contribution in [1.82, 2.24) is 15.1 Å². The molecule has 1 fully saturated rings. The van der Waals surface area contributed by atoms with Crippen LogP contribution < -0.4 is 14.5 Å². The van der Waals surface area contributed by atoms with E-state index in [0.29, 0.717) is 31.1 Å². The fourth-order valence-corrected chi connectivity index (χ4v) is 2.78.